The third-order valence-electron chi connectivity index (χ3n) is 3.01. The van der Waals surface area contributed by atoms with Crippen LogP contribution in [0.25, 0.3) is 0 Å². The van der Waals surface area contributed by atoms with Crippen molar-refractivity contribution in [3.05, 3.63) is 22.6 Å². The van der Waals surface area contributed by atoms with Gasteiger partial charge in [-0.1, -0.05) is 0 Å². The van der Waals surface area contributed by atoms with Crippen molar-refractivity contribution in [3.63, 3.8) is 0 Å². The Morgan fingerprint density at radius 3 is 2.68 bits per heavy atom. The van der Waals surface area contributed by atoms with Crippen LogP contribution in [0, 0.1) is 5.92 Å². The van der Waals surface area contributed by atoms with Crippen LogP contribution in [0.4, 0.5) is 0 Å². The molecule has 0 spiro atoms. The summed E-state index contributed by atoms with van der Waals surface area (Å²) in [6, 6.07) is 3.13. The van der Waals surface area contributed by atoms with E-state index in [9.17, 15) is 9.59 Å². The normalized spacial score (nSPS) is 21.6. The van der Waals surface area contributed by atoms with E-state index in [1.165, 1.54) is 6.07 Å². The first-order valence-corrected chi connectivity index (χ1v) is 6.82. The molecule has 1 fully saturated rings. The molecule has 1 aliphatic rings. The number of hydrogen-bond acceptors (Lipinski definition) is 4. The van der Waals surface area contributed by atoms with Crippen molar-refractivity contribution >= 4 is 27.7 Å². The van der Waals surface area contributed by atoms with Crippen molar-refractivity contribution in [2.45, 2.75) is 18.9 Å². The van der Waals surface area contributed by atoms with Gasteiger partial charge in [0.15, 0.2) is 10.4 Å². The highest BCUT2D eigenvalue weighted by Gasteiger charge is 2.27. The van der Waals surface area contributed by atoms with E-state index in [1.807, 2.05) is 0 Å². The zero-order valence-electron chi connectivity index (χ0n) is 10.2. The fraction of sp³-hybridized carbons (Fsp3) is 0.500. The Balaban J connectivity index is 1.64. The van der Waals surface area contributed by atoms with Crippen LogP contribution in [0.5, 0.6) is 0 Å². The summed E-state index contributed by atoms with van der Waals surface area (Å²) < 4.78 is 5.52. The Morgan fingerprint density at radius 2 is 2.11 bits per heavy atom. The smallest absolute Gasteiger partial charge is 0.287 e. The van der Waals surface area contributed by atoms with E-state index in [1.54, 1.807) is 6.07 Å². The molecule has 104 valence electrons. The molecule has 6 nitrogen and oxygen atoms in total. The zero-order valence-corrected chi connectivity index (χ0v) is 11.8. The maximum absolute atomic E-state index is 11.6. The van der Waals surface area contributed by atoms with E-state index in [2.05, 4.69) is 26.6 Å². The van der Waals surface area contributed by atoms with Crippen molar-refractivity contribution in [3.8, 4) is 0 Å². The maximum atomic E-state index is 11.6. The Kier molecular flexibility index (Phi) is 4.60. The van der Waals surface area contributed by atoms with Crippen LogP contribution in [0.15, 0.2) is 21.2 Å². The first-order chi connectivity index (χ1) is 9.04. The second-order valence-electron chi connectivity index (χ2n) is 4.58. The zero-order chi connectivity index (χ0) is 13.8. The van der Waals surface area contributed by atoms with Gasteiger partial charge in [0.1, 0.15) is 0 Å². The quantitative estimate of drug-likeness (QED) is 0.739. The molecule has 1 aliphatic carbocycles. The molecule has 3 N–H and O–H groups in total. The van der Waals surface area contributed by atoms with E-state index in [4.69, 9.17) is 9.52 Å². The number of carbonyl (C=O) groups excluding carboxylic acids is 2. The molecular weight excluding hydrogens is 316 g/mol. The lowest BCUT2D eigenvalue weighted by Crippen LogP contribution is -2.42. The Hall–Kier alpha value is -1.34. The van der Waals surface area contributed by atoms with Crippen molar-refractivity contribution in [2.75, 3.05) is 13.1 Å². The van der Waals surface area contributed by atoms with Gasteiger partial charge in [-0.05, 0) is 46.8 Å². The van der Waals surface area contributed by atoms with Gasteiger partial charge in [-0.25, -0.2) is 0 Å². The van der Waals surface area contributed by atoms with Crippen LogP contribution in [0.2, 0.25) is 0 Å². The summed E-state index contributed by atoms with van der Waals surface area (Å²) in [6.45, 7) is 0.449. The van der Waals surface area contributed by atoms with E-state index >= 15 is 0 Å². The minimum Gasteiger partial charge on any atom is -0.444 e. The molecule has 0 saturated heterocycles. The van der Waals surface area contributed by atoms with Crippen molar-refractivity contribution in [1.82, 2.24) is 10.6 Å². The number of nitrogens with one attached hydrogen (secondary N) is 2. The molecule has 1 aromatic rings. The highest BCUT2D eigenvalue weighted by Crippen LogP contribution is 2.25. The predicted octanol–water partition coefficient (Wildman–Crippen LogP) is 0.659. The average molecular weight is 331 g/mol. The fourth-order valence-electron chi connectivity index (χ4n) is 1.87. The SMILES string of the molecule is O=C(CNC(=O)c1ccc(Br)o1)NCC1CC(O)C1. The third kappa shape index (κ3) is 4.07. The maximum Gasteiger partial charge on any atom is 0.287 e. The molecule has 2 amide bonds. The van der Waals surface area contributed by atoms with Crippen LogP contribution in [0.3, 0.4) is 0 Å². The number of rotatable bonds is 5. The number of aliphatic hydroxyl groups is 1. The molecule has 0 bridgehead atoms. The number of furan rings is 1. The molecule has 0 aliphatic heterocycles. The van der Waals surface area contributed by atoms with Crippen molar-refractivity contribution in [2.24, 2.45) is 5.92 Å². The third-order valence-corrected chi connectivity index (χ3v) is 3.43. The summed E-state index contributed by atoms with van der Waals surface area (Å²) in [4.78, 5) is 23.1. The molecule has 1 saturated carbocycles. The van der Waals surface area contributed by atoms with Gasteiger partial charge in [0.2, 0.25) is 5.91 Å². The van der Waals surface area contributed by atoms with Gasteiger partial charge in [0.25, 0.3) is 5.91 Å². The molecular formula is C12H15BrN2O4. The minimum atomic E-state index is -0.431. The highest BCUT2D eigenvalue weighted by atomic mass is 79.9. The van der Waals surface area contributed by atoms with Crippen LogP contribution in [-0.4, -0.2) is 36.1 Å². The van der Waals surface area contributed by atoms with Crippen LogP contribution in [0.1, 0.15) is 23.4 Å². The predicted molar refractivity (Wildman–Crippen MR) is 70.5 cm³/mol. The summed E-state index contributed by atoms with van der Waals surface area (Å²) in [7, 11) is 0. The molecule has 0 atom stereocenters. The molecule has 1 heterocycles. The van der Waals surface area contributed by atoms with Gasteiger partial charge < -0.3 is 20.2 Å². The summed E-state index contributed by atoms with van der Waals surface area (Å²) in [5, 5.41) is 14.3. The summed E-state index contributed by atoms with van der Waals surface area (Å²) in [6.07, 6.45) is 1.24. The first kappa shape index (κ1) is 14.1. The molecule has 0 radical (unpaired) electrons. The van der Waals surface area contributed by atoms with E-state index in [0.29, 0.717) is 17.1 Å². The Morgan fingerprint density at radius 1 is 1.37 bits per heavy atom. The molecule has 0 unspecified atom stereocenters. The Bertz CT molecular complexity index is 468. The fourth-order valence-corrected chi connectivity index (χ4v) is 2.18. The van der Waals surface area contributed by atoms with Gasteiger partial charge in [0, 0.05) is 6.54 Å². The largest absolute Gasteiger partial charge is 0.444 e. The van der Waals surface area contributed by atoms with Gasteiger partial charge in [-0.3, -0.25) is 9.59 Å². The average Bonchev–Trinajstić information content (AvgIpc) is 2.77. The molecule has 19 heavy (non-hydrogen) atoms. The van der Waals surface area contributed by atoms with Crippen LogP contribution < -0.4 is 10.6 Å². The van der Waals surface area contributed by atoms with Crippen molar-refractivity contribution < 1.29 is 19.1 Å². The minimum absolute atomic E-state index is 0.0908. The van der Waals surface area contributed by atoms with Gasteiger partial charge in [0.05, 0.1) is 12.6 Å². The number of aliphatic hydroxyl groups excluding tert-OH is 1. The molecule has 0 aromatic carbocycles. The second-order valence-corrected chi connectivity index (χ2v) is 5.36. The van der Waals surface area contributed by atoms with Gasteiger partial charge in [-0.15, -0.1) is 0 Å². The van der Waals surface area contributed by atoms with E-state index in [0.717, 1.165) is 12.8 Å². The summed E-state index contributed by atoms with van der Waals surface area (Å²) >= 11 is 3.09. The lowest BCUT2D eigenvalue weighted by atomic mass is 9.82. The van der Waals surface area contributed by atoms with E-state index in [-0.39, 0.29) is 24.3 Å². The first-order valence-electron chi connectivity index (χ1n) is 6.03. The lowest BCUT2D eigenvalue weighted by Gasteiger charge is -2.31. The van der Waals surface area contributed by atoms with Gasteiger partial charge >= 0.3 is 0 Å². The second kappa shape index (κ2) is 6.21. The molecule has 2 rings (SSSR count). The van der Waals surface area contributed by atoms with E-state index < -0.39 is 5.91 Å². The van der Waals surface area contributed by atoms with Crippen LogP contribution in [-0.2, 0) is 4.79 Å². The van der Waals surface area contributed by atoms with Crippen LogP contribution >= 0.6 is 15.9 Å². The number of amides is 2. The number of carbonyl (C=O) groups is 2. The van der Waals surface area contributed by atoms with Crippen molar-refractivity contribution in [1.29, 1.82) is 0 Å². The topological polar surface area (TPSA) is 91.6 Å². The number of hydrogen-bond donors (Lipinski definition) is 3. The summed E-state index contributed by atoms with van der Waals surface area (Å²) in [5.41, 5.74) is 0. The number of halogens is 1. The monoisotopic (exact) mass is 330 g/mol. The molecule has 1 aromatic heterocycles. The summed E-state index contributed by atoms with van der Waals surface area (Å²) in [5.74, 6) is -0.183. The molecule has 7 heteroatoms. The van der Waals surface area contributed by atoms with Gasteiger partial charge in [-0.2, -0.15) is 0 Å². The standard InChI is InChI=1S/C12H15BrN2O4/c13-10-2-1-9(19-10)12(18)15-6-11(17)14-5-7-3-8(16)4-7/h1-2,7-8,16H,3-6H2,(H,14,17)(H,15,18). The lowest BCUT2D eigenvalue weighted by molar-refractivity contribution is -0.120. The Labute approximate surface area is 118 Å². The highest BCUT2D eigenvalue weighted by molar-refractivity contribution is 9.10.